The molecule has 0 spiro atoms. The molecule has 150 valence electrons. The molecule has 3 nitrogen and oxygen atoms in total. The Kier molecular flexibility index (Phi) is 6.63. The number of rotatable bonds is 6. The molecule has 3 aromatic rings. The summed E-state index contributed by atoms with van der Waals surface area (Å²) in [5.41, 5.74) is 2.29. The number of benzene rings is 2. The Balaban J connectivity index is 1.47. The van der Waals surface area contributed by atoms with Gasteiger partial charge in [0.2, 0.25) is 5.91 Å². The molecule has 5 heteroatoms. The quantitative estimate of drug-likeness (QED) is 0.478. The maximum atomic E-state index is 13.3. The largest absolute Gasteiger partial charge is 0.301 e. The van der Waals surface area contributed by atoms with Gasteiger partial charge in [-0.3, -0.25) is 4.79 Å². The highest BCUT2D eigenvalue weighted by Crippen LogP contribution is 2.37. The minimum Gasteiger partial charge on any atom is -0.301 e. The normalized spacial score (nSPS) is 15.8. The monoisotopic (exact) mass is 424 g/mol. The van der Waals surface area contributed by atoms with E-state index in [-0.39, 0.29) is 11.8 Å². The second kappa shape index (κ2) is 9.55. The smallest absolute Gasteiger partial charge is 0.233 e. The lowest BCUT2D eigenvalue weighted by Crippen LogP contribution is -2.28. The average molecular weight is 425 g/mol. The van der Waals surface area contributed by atoms with Crippen LogP contribution in [0.15, 0.2) is 60.8 Å². The van der Waals surface area contributed by atoms with E-state index in [0.29, 0.717) is 11.0 Å². The van der Waals surface area contributed by atoms with Crippen molar-refractivity contribution >= 4 is 34.0 Å². The maximum absolute atomic E-state index is 13.3. The predicted octanol–water partition coefficient (Wildman–Crippen LogP) is 6.69. The molecule has 1 aromatic heterocycles. The van der Waals surface area contributed by atoms with E-state index in [9.17, 15) is 4.79 Å². The van der Waals surface area contributed by atoms with E-state index in [4.69, 9.17) is 11.6 Å². The maximum Gasteiger partial charge on any atom is 0.233 e. The van der Waals surface area contributed by atoms with Crippen LogP contribution in [0.4, 0.5) is 5.13 Å². The van der Waals surface area contributed by atoms with Crippen molar-refractivity contribution in [1.82, 2.24) is 4.98 Å². The zero-order valence-corrected chi connectivity index (χ0v) is 17.9. The van der Waals surface area contributed by atoms with Crippen LogP contribution in [0.1, 0.15) is 54.0 Å². The summed E-state index contributed by atoms with van der Waals surface area (Å²) in [6.07, 6.45) is 8.58. The molecular weight excluding hydrogens is 400 g/mol. The lowest BCUT2D eigenvalue weighted by atomic mass is 9.76. The second-order valence-corrected chi connectivity index (χ2v) is 9.26. The SMILES string of the molecule is O=C(Nc1ncc(Cc2ccc(Cl)cc2)s1)C(c1ccccc1)C1CCCCC1. The first-order valence-electron chi connectivity index (χ1n) is 10.2. The number of anilines is 1. The van der Waals surface area contributed by atoms with E-state index in [2.05, 4.69) is 22.4 Å². The third-order valence-corrected chi connectivity index (χ3v) is 6.80. The molecule has 1 heterocycles. The summed E-state index contributed by atoms with van der Waals surface area (Å²) in [6.45, 7) is 0. The first kappa shape index (κ1) is 20.1. The number of aromatic nitrogens is 1. The van der Waals surface area contributed by atoms with Crippen LogP contribution in [-0.2, 0) is 11.2 Å². The van der Waals surface area contributed by atoms with Crippen LogP contribution < -0.4 is 5.32 Å². The van der Waals surface area contributed by atoms with Crippen molar-refractivity contribution < 1.29 is 4.79 Å². The summed E-state index contributed by atoms with van der Waals surface area (Å²) >= 11 is 7.51. The molecule has 0 bridgehead atoms. The molecule has 4 rings (SSSR count). The van der Waals surface area contributed by atoms with Gasteiger partial charge in [0.15, 0.2) is 5.13 Å². The van der Waals surface area contributed by atoms with E-state index in [1.165, 1.54) is 24.8 Å². The molecule has 0 radical (unpaired) electrons. The van der Waals surface area contributed by atoms with Crippen molar-refractivity contribution in [1.29, 1.82) is 0 Å². The first-order valence-corrected chi connectivity index (χ1v) is 11.4. The average Bonchev–Trinajstić information content (AvgIpc) is 3.18. The Morgan fingerprint density at radius 2 is 1.79 bits per heavy atom. The number of hydrogen-bond acceptors (Lipinski definition) is 3. The van der Waals surface area contributed by atoms with Crippen molar-refractivity contribution in [2.24, 2.45) is 5.92 Å². The van der Waals surface area contributed by atoms with Gasteiger partial charge in [0, 0.05) is 22.5 Å². The molecule has 2 aromatic carbocycles. The van der Waals surface area contributed by atoms with E-state index in [1.54, 1.807) is 11.3 Å². The third kappa shape index (κ3) is 5.26. The van der Waals surface area contributed by atoms with Crippen molar-refractivity contribution in [2.75, 3.05) is 5.32 Å². The number of carbonyl (C=O) groups excluding carboxylic acids is 1. The van der Waals surface area contributed by atoms with Gasteiger partial charge in [-0.05, 0) is 42.0 Å². The van der Waals surface area contributed by atoms with Crippen molar-refractivity contribution in [3.8, 4) is 0 Å². The highest BCUT2D eigenvalue weighted by molar-refractivity contribution is 7.15. The van der Waals surface area contributed by atoms with Gasteiger partial charge in [0.1, 0.15) is 0 Å². The predicted molar refractivity (Wildman–Crippen MR) is 121 cm³/mol. The minimum atomic E-state index is -0.111. The number of hydrogen-bond donors (Lipinski definition) is 1. The fraction of sp³-hybridized carbons (Fsp3) is 0.333. The second-order valence-electron chi connectivity index (χ2n) is 7.71. The summed E-state index contributed by atoms with van der Waals surface area (Å²) in [4.78, 5) is 18.8. The van der Waals surface area contributed by atoms with Gasteiger partial charge in [-0.15, -0.1) is 11.3 Å². The Morgan fingerprint density at radius 1 is 1.07 bits per heavy atom. The molecule has 1 atom stereocenters. The summed E-state index contributed by atoms with van der Waals surface area (Å²) < 4.78 is 0. The fourth-order valence-electron chi connectivity index (χ4n) is 4.20. The number of nitrogens with one attached hydrogen (secondary N) is 1. The fourth-order valence-corrected chi connectivity index (χ4v) is 5.17. The number of thiazole rings is 1. The molecule has 1 N–H and O–H groups in total. The Labute approximate surface area is 181 Å². The summed E-state index contributed by atoms with van der Waals surface area (Å²) in [7, 11) is 0. The van der Waals surface area contributed by atoms with Gasteiger partial charge in [-0.1, -0.05) is 73.3 Å². The van der Waals surface area contributed by atoms with Crippen LogP contribution in [0.2, 0.25) is 5.02 Å². The summed E-state index contributed by atoms with van der Waals surface area (Å²) in [5.74, 6) is 0.357. The summed E-state index contributed by atoms with van der Waals surface area (Å²) in [6, 6.07) is 18.0. The Hall–Kier alpha value is -2.17. The van der Waals surface area contributed by atoms with Crippen LogP contribution in [0, 0.1) is 5.92 Å². The van der Waals surface area contributed by atoms with Crippen molar-refractivity contribution in [3.63, 3.8) is 0 Å². The van der Waals surface area contributed by atoms with Crippen LogP contribution in [0.3, 0.4) is 0 Å². The minimum absolute atomic E-state index is 0.0653. The van der Waals surface area contributed by atoms with Crippen LogP contribution >= 0.6 is 22.9 Å². The van der Waals surface area contributed by atoms with Crippen LogP contribution in [-0.4, -0.2) is 10.9 Å². The molecular formula is C24H25ClN2OS. The zero-order chi connectivity index (χ0) is 20.1. The zero-order valence-electron chi connectivity index (χ0n) is 16.3. The molecule has 1 unspecified atom stereocenters. The Morgan fingerprint density at radius 3 is 2.52 bits per heavy atom. The number of amides is 1. The molecule has 1 fully saturated rings. The third-order valence-electron chi connectivity index (χ3n) is 5.64. The lowest BCUT2D eigenvalue weighted by molar-refractivity contribution is -0.119. The Bertz CT molecular complexity index is 933. The van der Waals surface area contributed by atoms with Crippen LogP contribution in [0.5, 0.6) is 0 Å². The van der Waals surface area contributed by atoms with Gasteiger partial charge < -0.3 is 5.32 Å². The number of carbonyl (C=O) groups is 1. The highest BCUT2D eigenvalue weighted by atomic mass is 35.5. The van der Waals surface area contributed by atoms with Gasteiger partial charge in [0.05, 0.1) is 5.92 Å². The molecule has 1 amide bonds. The molecule has 1 aliphatic rings. The van der Waals surface area contributed by atoms with E-state index >= 15 is 0 Å². The molecule has 0 aliphatic heterocycles. The standard InChI is InChI=1S/C24H25ClN2OS/c25-20-13-11-17(12-14-20)15-21-16-26-24(29-21)27-23(28)22(18-7-3-1-4-8-18)19-9-5-2-6-10-19/h1,3-4,7-8,11-14,16,19,22H,2,5-6,9-10,15H2,(H,26,27,28). The molecule has 29 heavy (non-hydrogen) atoms. The molecule has 1 saturated carbocycles. The number of halogens is 1. The van der Waals surface area contributed by atoms with Crippen molar-refractivity contribution in [3.05, 3.63) is 81.8 Å². The van der Waals surface area contributed by atoms with Crippen LogP contribution in [0.25, 0.3) is 0 Å². The van der Waals surface area contributed by atoms with Gasteiger partial charge in [0.25, 0.3) is 0 Å². The first-order chi connectivity index (χ1) is 14.2. The molecule has 1 aliphatic carbocycles. The highest BCUT2D eigenvalue weighted by Gasteiger charge is 2.31. The van der Waals surface area contributed by atoms with Gasteiger partial charge in [-0.2, -0.15) is 0 Å². The van der Waals surface area contributed by atoms with Crippen molar-refractivity contribution in [2.45, 2.75) is 44.4 Å². The van der Waals surface area contributed by atoms with E-state index < -0.39 is 0 Å². The van der Waals surface area contributed by atoms with E-state index in [1.807, 2.05) is 48.7 Å². The topological polar surface area (TPSA) is 42.0 Å². The lowest BCUT2D eigenvalue weighted by Gasteiger charge is -2.29. The number of nitrogens with zero attached hydrogens (tertiary/aromatic N) is 1. The summed E-state index contributed by atoms with van der Waals surface area (Å²) in [5, 5.41) is 4.51. The van der Waals surface area contributed by atoms with Gasteiger partial charge in [-0.25, -0.2) is 4.98 Å². The van der Waals surface area contributed by atoms with E-state index in [0.717, 1.165) is 34.7 Å². The van der Waals surface area contributed by atoms with Gasteiger partial charge >= 0.3 is 0 Å². The molecule has 0 saturated heterocycles.